The fourth-order valence-corrected chi connectivity index (χ4v) is 2.68. The molecule has 2 rings (SSSR count). The molecular formula is C15H18N2S. The number of aromatic nitrogens is 1. The smallest absolute Gasteiger partial charge is 0.0966 e. The molecule has 3 heteroatoms. The summed E-state index contributed by atoms with van der Waals surface area (Å²) in [7, 11) is 0. The van der Waals surface area contributed by atoms with Crippen LogP contribution in [-0.4, -0.2) is 17.3 Å². The predicted octanol–water partition coefficient (Wildman–Crippen LogP) is 3.90. The second-order valence-electron chi connectivity index (χ2n) is 4.27. The van der Waals surface area contributed by atoms with E-state index in [4.69, 9.17) is 0 Å². The molecule has 1 heterocycles. The summed E-state index contributed by atoms with van der Waals surface area (Å²) in [5.41, 5.74) is 3.54. The molecule has 0 radical (unpaired) electrons. The minimum Gasteiger partial charge on any atom is -0.384 e. The first kappa shape index (κ1) is 13.0. The molecule has 1 N–H and O–H groups in total. The highest BCUT2D eigenvalue weighted by Gasteiger charge is 1.98. The molecule has 1 aromatic carbocycles. The van der Waals surface area contributed by atoms with Gasteiger partial charge in [0.1, 0.15) is 0 Å². The largest absolute Gasteiger partial charge is 0.384 e. The van der Waals surface area contributed by atoms with Crippen LogP contribution in [-0.2, 0) is 0 Å². The van der Waals surface area contributed by atoms with Gasteiger partial charge in [-0.25, -0.2) is 4.98 Å². The maximum atomic E-state index is 4.51. The van der Waals surface area contributed by atoms with E-state index in [0.29, 0.717) is 0 Å². The van der Waals surface area contributed by atoms with Crippen molar-refractivity contribution >= 4 is 17.4 Å². The van der Waals surface area contributed by atoms with Crippen molar-refractivity contribution in [3.63, 3.8) is 0 Å². The number of para-hydroxylation sites is 1. The topological polar surface area (TPSA) is 24.9 Å². The van der Waals surface area contributed by atoms with Gasteiger partial charge in [-0.2, -0.15) is 0 Å². The van der Waals surface area contributed by atoms with Gasteiger partial charge < -0.3 is 5.32 Å². The summed E-state index contributed by atoms with van der Waals surface area (Å²) < 4.78 is 0. The van der Waals surface area contributed by atoms with Crippen molar-refractivity contribution in [1.82, 2.24) is 4.98 Å². The Morgan fingerprint density at radius 3 is 2.61 bits per heavy atom. The number of aryl methyl sites for hydroxylation is 2. The van der Waals surface area contributed by atoms with Crippen LogP contribution in [0.25, 0.3) is 0 Å². The fourth-order valence-electron chi connectivity index (χ4n) is 1.79. The predicted molar refractivity (Wildman–Crippen MR) is 79.4 cm³/mol. The number of nitrogens with one attached hydrogen (secondary N) is 1. The minimum absolute atomic E-state index is 0.948. The van der Waals surface area contributed by atoms with Crippen LogP contribution in [0.5, 0.6) is 0 Å². The second kappa shape index (κ2) is 6.45. The van der Waals surface area contributed by atoms with Gasteiger partial charge in [-0.15, -0.1) is 11.8 Å². The minimum atomic E-state index is 0.948. The third-order valence-electron chi connectivity index (χ3n) is 2.53. The Hall–Kier alpha value is -1.48. The average molecular weight is 258 g/mol. The summed E-state index contributed by atoms with van der Waals surface area (Å²) in [6.07, 6.45) is 0. The Balaban J connectivity index is 1.78. The van der Waals surface area contributed by atoms with Crippen LogP contribution in [0.15, 0.2) is 47.5 Å². The van der Waals surface area contributed by atoms with Crippen molar-refractivity contribution in [2.75, 3.05) is 17.6 Å². The standard InChI is InChI=1S/C15H18N2S/c1-12-10-13(2)17-15(11-12)18-9-8-16-14-6-4-3-5-7-14/h3-7,10-11,16H,8-9H2,1-2H3. The molecule has 18 heavy (non-hydrogen) atoms. The lowest BCUT2D eigenvalue weighted by atomic mass is 10.3. The van der Waals surface area contributed by atoms with Crippen molar-refractivity contribution in [3.05, 3.63) is 53.7 Å². The summed E-state index contributed by atoms with van der Waals surface area (Å²) in [5.74, 6) is 1.02. The normalized spacial score (nSPS) is 10.3. The number of thioether (sulfide) groups is 1. The molecule has 94 valence electrons. The SMILES string of the molecule is Cc1cc(C)nc(SCCNc2ccccc2)c1. The van der Waals surface area contributed by atoms with Crippen LogP contribution in [0.2, 0.25) is 0 Å². The third kappa shape index (κ3) is 4.08. The van der Waals surface area contributed by atoms with E-state index in [1.807, 2.05) is 25.1 Å². The van der Waals surface area contributed by atoms with Crippen LogP contribution < -0.4 is 5.32 Å². The van der Waals surface area contributed by atoms with Gasteiger partial charge in [-0.05, 0) is 43.7 Å². The quantitative estimate of drug-likeness (QED) is 0.650. The van der Waals surface area contributed by atoms with Gasteiger partial charge >= 0.3 is 0 Å². The van der Waals surface area contributed by atoms with E-state index in [2.05, 4.69) is 41.5 Å². The molecule has 0 spiro atoms. The van der Waals surface area contributed by atoms with Crippen LogP contribution >= 0.6 is 11.8 Å². The van der Waals surface area contributed by atoms with Gasteiger partial charge in [-0.3, -0.25) is 0 Å². The lowest BCUT2D eigenvalue weighted by molar-refractivity contribution is 1.04. The molecule has 1 aromatic heterocycles. The maximum absolute atomic E-state index is 4.51. The van der Waals surface area contributed by atoms with Crippen molar-refractivity contribution in [3.8, 4) is 0 Å². The Morgan fingerprint density at radius 2 is 1.89 bits per heavy atom. The van der Waals surface area contributed by atoms with Gasteiger partial charge in [0, 0.05) is 23.7 Å². The zero-order valence-electron chi connectivity index (χ0n) is 10.8. The Kier molecular flexibility index (Phi) is 4.65. The van der Waals surface area contributed by atoms with E-state index >= 15 is 0 Å². The Morgan fingerprint density at radius 1 is 1.11 bits per heavy atom. The first-order valence-electron chi connectivity index (χ1n) is 6.11. The number of hydrogen-bond donors (Lipinski definition) is 1. The van der Waals surface area contributed by atoms with E-state index in [9.17, 15) is 0 Å². The molecule has 0 aliphatic heterocycles. The molecule has 0 aliphatic carbocycles. The Labute approximate surface area is 113 Å². The number of rotatable bonds is 5. The molecule has 0 aliphatic rings. The van der Waals surface area contributed by atoms with Crippen LogP contribution in [0.1, 0.15) is 11.3 Å². The molecule has 2 aromatic rings. The molecule has 0 fully saturated rings. The van der Waals surface area contributed by atoms with E-state index in [1.165, 1.54) is 11.3 Å². The molecule has 0 atom stereocenters. The maximum Gasteiger partial charge on any atom is 0.0966 e. The van der Waals surface area contributed by atoms with E-state index in [-0.39, 0.29) is 0 Å². The van der Waals surface area contributed by atoms with Crippen molar-refractivity contribution in [1.29, 1.82) is 0 Å². The van der Waals surface area contributed by atoms with Crippen molar-refractivity contribution in [2.24, 2.45) is 0 Å². The van der Waals surface area contributed by atoms with Crippen LogP contribution in [0, 0.1) is 13.8 Å². The number of pyridine rings is 1. The van der Waals surface area contributed by atoms with Gasteiger partial charge in [0.2, 0.25) is 0 Å². The van der Waals surface area contributed by atoms with Crippen molar-refractivity contribution < 1.29 is 0 Å². The number of anilines is 1. The highest BCUT2D eigenvalue weighted by Crippen LogP contribution is 2.17. The van der Waals surface area contributed by atoms with Gasteiger partial charge in [0.25, 0.3) is 0 Å². The monoisotopic (exact) mass is 258 g/mol. The van der Waals surface area contributed by atoms with E-state index in [1.54, 1.807) is 11.8 Å². The second-order valence-corrected chi connectivity index (χ2v) is 5.38. The molecule has 0 bridgehead atoms. The lowest BCUT2D eigenvalue weighted by Crippen LogP contribution is -2.03. The highest BCUT2D eigenvalue weighted by atomic mass is 32.2. The molecule has 2 nitrogen and oxygen atoms in total. The summed E-state index contributed by atoms with van der Waals surface area (Å²) >= 11 is 1.79. The third-order valence-corrected chi connectivity index (χ3v) is 3.44. The van der Waals surface area contributed by atoms with Crippen molar-refractivity contribution in [2.45, 2.75) is 18.9 Å². The number of hydrogen-bond acceptors (Lipinski definition) is 3. The highest BCUT2D eigenvalue weighted by molar-refractivity contribution is 7.99. The number of benzene rings is 1. The zero-order valence-corrected chi connectivity index (χ0v) is 11.6. The first-order chi connectivity index (χ1) is 8.74. The summed E-state index contributed by atoms with van der Waals surface area (Å²) in [6.45, 7) is 5.10. The van der Waals surface area contributed by atoms with Crippen LogP contribution in [0.3, 0.4) is 0 Å². The number of nitrogens with zero attached hydrogens (tertiary/aromatic N) is 1. The van der Waals surface area contributed by atoms with Crippen LogP contribution in [0.4, 0.5) is 5.69 Å². The van der Waals surface area contributed by atoms with Gasteiger partial charge in [0.05, 0.1) is 5.03 Å². The first-order valence-corrected chi connectivity index (χ1v) is 7.09. The van der Waals surface area contributed by atoms with E-state index < -0.39 is 0 Å². The lowest BCUT2D eigenvalue weighted by Gasteiger charge is -2.06. The summed E-state index contributed by atoms with van der Waals surface area (Å²) in [5, 5.41) is 4.51. The average Bonchev–Trinajstić information content (AvgIpc) is 2.35. The zero-order chi connectivity index (χ0) is 12.8. The molecule has 0 unspecified atom stereocenters. The molecular weight excluding hydrogens is 240 g/mol. The van der Waals surface area contributed by atoms with Gasteiger partial charge in [0.15, 0.2) is 0 Å². The summed E-state index contributed by atoms with van der Waals surface area (Å²) in [6, 6.07) is 14.5. The molecule has 0 saturated carbocycles. The van der Waals surface area contributed by atoms with Gasteiger partial charge in [-0.1, -0.05) is 18.2 Å². The summed E-state index contributed by atoms with van der Waals surface area (Å²) in [4.78, 5) is 4.51. The van der Waals surface area contributed by atoms with E-state index in [0.717, 1.165) is 23.0 Å². The molecule has 0 saturated heterocycles. The Bertz CT molecular complexity index is 477. The molecule has 0 amide bonds. The fraction of sp³-hybridized carbons (Fsp3) is 0.267.